The van der Waals surface area contributed by atoms with Crippen LogP contribution in [0.5, 0.6) is 5.88 Å². The molecular formula is C23H29F5N5O4+. The highest BCUT2D eigenvalue weighted by Gasteiger charge is 2.41. The zero-order valence-electron chi connectivity index (χ0n) is 20.7. The standard InChI is InChI=1S/C23H28F5N5O4/c1-12(2)11-32-19-15(5-6-16(34)31-8-7-22(24,25)9-13(31)3)10-29-33(19)21(37)17(20(32)36)18(35)30-14(4)23(26,27)28/h5-6,10,12-14H,7-9,11H2,1-4H3,(H2,30,35,36,37)/p+1/b6-5+/t13?,14-/m0/s1. The lowest BCUT2D eigenvalue weighted by molar-refractivity contribution is -0.686. The molecular weight excluding hydrogens is 505 g/mol. The Morgan fingerprint density at radius 3 is 2.54 bits per heavy atom. The van der Waals surface area contributed by atoms with E-state index in [0.717, 1.165) is 10.6 Å². The van der Waals surface area contributed by atoms with Crippen molar-refractivity contribution in [3.05, 3.63) is 33.8 Å². The van der Waals surface area contributed by atoms with Gasteiger partial charge < -0.3 is 15.3 Å². The molecule has 3 heterocycles. The molecule has 0 saturated carbocycles. The lowest BCUT2D eigenvalue weighted by atomic mass is 9.99. The molecule has 3 rings (SSSR count). The van der Waals surface area contributed by atoms with Gasteiger partial charge in [0.1, 0.15) is 6.04 Å². The maximum atomic E-state index is 13.6. The zero-order valence-corrected chi connectivity index (χ0v) is 20.7. The largest absolute Gasteiger partial charge is 0.477 e. The Hall–Kier alpha value is -3.45. The number of nitrogens with one attached hydrogen (secondary N) is 2. The van der Waals surface area contributed by atoms with Crippen LogP contribution in [0.3, 0.4) is 0 Å². The molecule has 204 valence electrons. The first-order chi connectivity index (χ1) is 17.0. The number of carbonyl (C=O) groups is 2. The second-order valence-electron chi connectivity index (χ2n) is 9.66. The Morgan fingerprint density at radius 2 is 1.97 bits per heavy atom. The number of aromatic hydroxyl groups is 1. The molecule has 1 aliphatic heterocycles. The van der Waals surface area contributed by atoms with E-state index in [1.807, 2.05) is 0 Å². The second kappa shape index (κ2) is 10.1. The van der Waals surface area contributed by atoms with Crippen LogP contribution in [0.1, 0.15) is 56.5 Å². The first-order valence-electron chi connectivity index (χ1n) is 11.7. The molecule has 0 bridgehead atoms. The van der Waals surface area contributed by atoms with Crippen LogP contribution in [-0.2, 0) is 11.3 Å². The van der Waals surface area contributed by atoms with E-state index >= 15 is 0 Å². The number of aromatic nitrogens is 3. The third-order valence-corrected chi connectivity index (χ3v) is 6.12. The van der Waals surface area contributed by atoms with E-state index in [1.54, 1.807) is 19.2 Å². The fraction of sp³-hybridized carbons (Fsp3) is 0.565. The number of alkyl halides is 5. The predicted molar refractivity (Wildman–Crippen MR) is 122 cm³/mol. The van der Waals surface area contributed by atoms with Crippen LogP contribution in [0.25, 0.3) is 11.7 Å². The number of piperidine rings is 1. The number of carbonyl (C=O) groups excluding carboxylic acids is 2. The first-order valence-corrected chi connectivity index (χ1v) is 11.7. The number of fused-ring (bicyclic) bond motifs is 1. The number of amides is 2. The molecule has 0 radical (unpaired) electrons. The van der Waals surface area contributed by atoms with E-state index in [2.05, 4.69) is 5.10 Å². The van der Waals surface area contributed by atoms with E-state index in [1.165, 1.54) is 28.7 Å². The Labute approximate surface area is 208 Å². The zero-order chi connectivity index (χ0) is 27.9. The molecule has 0 aromatic carbocycles. The van der Waals surface area contributed by atoms with E-state index in [9.17, 15) is 41.4 Å². The number of rotatable bonds is 6. The van der Waals surface area contributed by atoms with Gasteiger partial charge in [0.05, 0.1) is 18.3 Å². The van der Waals surface area contributed by atoms with Crippen molar-refractivity contribution in [1.29, 1.82) is 0 Å². The summed E-state index contributed by atoms with van der Waals surface area (Å²) >= 11 is 0. The minimum absolute atomic E-state index is 0.0545. The highest BCUT2D eigenvalue weighted by molar-refractivity contribution is 5.96. The van der Waals surface area contributed by atoms with Crippen LogP contribution in [0.4, 0.5) is 22.0 Å². The summed E-state index contributed by atoms with van der Waals surface area (Å²) in [7, 11) is 0. The fourth-order valence-corrected chi connectivity index (χ4v) is 4.21. The fourth-order valence-electron chi connectivity index (χ4n) is 4.21. The minimum Gasteiger partial charge on any atom is -0.477 e. The average molecular weight is 535 g/mol. The molecule has 14 heteroatoms. The van der Waals surface area contributed by atoms with Gasteiger partial charge in [-0.2, -0.15) is 17.7 Å². The quantitative estimate of drug-likeness (QED) is 0.301. The third-order valence-electron chi connectivity index (χ3n) is 6.12. The molecule has 2 aromatic rings. The van der Waals surface area contributed by atoms with Gasteiger partial charge in [0.15, 0.2) is 0 Å². The Balaban J connectivity index is 2.03. The summed E-state index contributed by atoms with van der Waals surface area (Å²) in [5, 5.41) is 15.1. The lowest BCUT2D eigenvalue weighted by Crippen LogP contribution is -2.48. The van der Waals surface area contributed by atoms with Crippen molar-refractivity contribution in [3.8, 4) is 5.88 Å². The van der Waals surface area contributed by atoms with Crippen LogP contribution in [0.2, 0.25) is 0 Å². The van der Waals surface area contributed by atoms with Gasteiger partial charge in [-0.3, -0.25) is 9.59 Å². The molecule has 0 aliphatic carbocycles. The normalized spacial score (nSPS) is 19.1. The van der Waals surface area contributed by atoms with Crippen molar-refractivity contribution in [1.82, 2.24) is 19.8 Å². The van der Waals surface area contributed by atoms with Gasteiger partial charge in [-0.1, -0.05) is 18.4 Å². The van der Waals surface area contributed by atoms with E-state index in [0.29, 0.717) is 6.92 Å². The van der Waals surface area contributed by atoms with Gasteiger partial charge in [0, 0.05) is 31.5 Å². The van der Waals surface area contributed by atoms with Gasteiger partial charge in [-0.15, -0.1) is 0 Å². The number of H-pyrrole nitrogens is 1. The topological polar surface area (TPSA) is 111 Å². The Morgan fingerprint density at radius 1 is 1.32 bits per heavy atom. The molecule has 2 aromatic heterocycles. The smallest absolute Gasteiger partial charge is 0.408 e. The number of halogens is 5. The third kappa shape index (κ3) is 5.93. The van der Waals surface area contributed by atoms with E-state index in [-0.39, 0.29) is 30.2 Å². The van der Waals surface area contributed by atoms with Crippen molar-refractivity contribution >= 4 is 23.5 Å². The molecule has 1 unspecified atom stereocenters. The molecule has 3 N–H and O–H groups in total. The predicted octanol–water partition coefficient (Wildman–Crippen LogP) is 2.62. The number of aromatic amines is 1. The maximum absolute atomic E-state index is 13.6. The molecule has 2 atom stereocenters. The molecule has 1 saturated heterocycles. The molecule has 1 aliphatic rings. The SMILES string of the molecule is CC(C)C[n+]1c(O)c(C(=O)N[C@@H](C)C(F)(F)F)c(=O)n2[nH]cc(/C=C/C(=O)N3CCC(F)(F)CC3C)c21. The summed E-state index contributed by atoms with van der Waals surface area (Å²) in [6, 6.07) is -2.97. The number of likely N-dealkylation sites (tertiary alicyclic amines) is 1. The summed E-state index contributed by atoms with van der Waals surface area (Å²) in [5.74, 6) is -5.75. The Kier molecular flexibility index (Phi) is 7.70. The van der Waals surface area contributed by atoms with E-state index in [4.69, 9.17) is 0 Å². The van der Waals surface area contributed by atoms with E-state index < -0.39 is 65.8 Å². The second-order valence-corrected chi connectivity index (χ2v) is 9.66. The lowest BCUT2D eigenvalue weighted by Gasteiger charge is -2.36. The summed E-state index contributed by atoms with van der Waals surface area (Å²) in [6.07, 6.45) is -1.90. The van der Waals surface area contributed by atoms with Gasteiger partial charge in [-0.25, -0.2) is 18.7 Å². The average Bonchev–Trinajstić information content (AvgIpc) is 3.17. The number of nitrogens with zero attached hydrogens (tertiary/aromatic N) is 3. The van der Waals surface area contributed by atoms with Crippen molar-refractivity contribution < 1.29 is 41.2 Å². The molecule has 2 amide bonds. The van der Waals surface area contributed by atoms with Gasteiger partial charge in [0.2, 0.25) is 11.5 Å². The van der Waals surface area contributed by atoms with Crippen molar-refractivity contribution in [2.45, 2.75) is 71.3 Å². The van der Waals surface area contributed by atoms with Crippen LogP contribution in [-0.4, -0.2) is 62.2 Å². The van der Waals surface area contributed by atoms with Crippen molar-refractivity contribution in [2.24, 2.45) is 5.92 Å². The summed E-state index contributed by atoms with van der Waals surface area (Å²) in [6.45, 7) is 5.71. The summed E-state index contributed by atoms with van der Waals surface area (Å²) in [5.41, 5.74) is -1.69. The van der Waals surface area contributed by atoms with Crippen LogP contribution in [0.15, 0.2) is 17.1 Å². The summed E-state index contributed by atoms with van der Waals surface area (Å²) < 4.78 is 68.1. The molecule has 1 fully saturated rings. The highest BCUT2D eigenvalue weighted by atomic mass is 19.4. The van der Waals surface area contributed by atoms with Crippen molar-refractivity contribution in [3.63, 3.8) is 0 Å². The first kappa shape index (κ1) is 28.1. The number of hydrogen-bond acceptors (Lipinski definition) is 4. The highest BCUT2D eigenvalue weighted by Crippen LogP contribution is 2.31. The number of hydrogen-bond donors (Lipinski definition) is 3. The van der Waals surface area contributed by atoms with Crippen LogP contribution in [0, 0.1) is 5.92 Å². The summed E-state index contributed by atoms with van der Waals surface area (Å²) in [4.78, 5) is 39.6. The minimum atomic E-state index is -4.77. The van der Waals surface area contributed by atoms with Gasteiger partial charge >= 0.3 is 23.3 Å². The van der Waals surface area contributed by atoms with Crippen molar-refractivity contribution in [2.75, 3.05) is 6.54 Å². The Bertz CT molecular complexity index is 1280. The van der Waals surface area contributed by atoms with Crippen LogP contribution < -0.4 is 15.4 Å². The monoisotopic (exact) mass is 534 g/mol. The molecule has 9 nitrogen and oxygen atoms in total. The van der Waals surface area contributed by atoms with Gasteiger partial charge in [-0.05, 0) is 25.8 Å². The molecule has 0 spiro atoms. The molecule has 37 heavy (non-hydrogen) atoms. The maximum Gasteiger partial charge on any atom is 0.408 e. The van der Waals surface area contributed by atoms with Crippen LogP contribution >= 0.6 is 0 Å². The van der Waals surface area contributed by atoms with Gasteiger partial charge in [0.25, 0.3) is 11.8 Å².